The summed E-state index contributed by atoms with van der Waals surface area (Å²) in [6, 6.07) is 16.3. The first-order valence-electron chi connectivity index (χ1n) is 11.3. The van der Waals surface area contributed by atoms with Gasteiger partial charge in [0.25, 0.3) is 5.91 Å². The molecule has 1 amide bonds. The molecule has 0 spiro atoms. The number of nitrogens with zero attached hydrogens (tertiary/aromatic N) is 1. The van der Waals surface area contributed by atoms with E-state index in [1.807, 2.05) is 41.3 Å². The van der Waals surface area contributed by atoms with Crippen molar-refractivity contribution in [2.24, 2.45) is 0 Å². The Balaban J connectivity index is 1.51. The van der Waals surface area contributed by atoms with E-state index in [9.17, 15) is 4.79 Å². The topological polar surface area (TPSA) is 75.7 Å². The van der Waals surface area contributed by atoms with Crippen LogP contribution in [0, 0.1) is 0 Å². The molecule has 0 fully saturated rings. The molecule has 2 aliphatic rings. The molecule has 0 bridgehead atoms. The maximum atomic E-state index is 13.7. The highest BCUT2D eigenvalue weighted by Crippen LogP contribution is 2.40. The Morgan fingerprint density at radius 2 is 1.60 bits per heavy atom. The van der Waals surface area contributed by atoms with Crippen LogP contribution in [-0.4, -0.2) is 52.1 Å². The Morgan fingerprint density at radius 1 is 0.886 bits per heavy atom. The normalized spacial score (nSPS) is 15.9. The van der Waals surface area contributed by atoms with Crippen LogP contribution in [0.2, 0.25) is 0 Å². The van der Waals surface area contributed by atoms with Crippen molar-refractivity contribution in [3.63, 3.8) is 0 Å². The molecule has 5 rings (SSSR count). The predicted octanol–water partition coefficient (Wildman–Crippen LogP) is 4.26. The van der Waals surface area contributed by atoms with Crippen LogP contribution in [0.5, 0.6) is 34.5 Å². The average molecular weight is 478 g/mol. The minimum atomic E-state index is -0.360. The lowest BCUT2D eigenvalue weighted by Gasteiger charge is -2.37. The Labute approximate surface area is 203 Å². The van der Waals surface area contributed by atoms with Crippen molar-refractivity contribution in [2.45, 2.75) is 12.5 Å². The number of benzene rings is 3. The van der Waals surface area contributed by atoms with E-state index in [4.69, 9.17) is 28.4 Å². The lowest BCUT2D eigenvalue weighted by molar-refractivity contribution is 0.0587. The molecule has 0 N–H and O–H groups in total. The summed E-state index contributed by atoms with van der Waals surface area (Å²) in [4.78, 5) is 15.6. The summed E-state index contributed by atoms with van der Waals surface area (Å²) in [6.45, 7) is 0.913. The third kappa shape index (κ3) is 4.27. The van der Waals surface area contributed by atoms with Crippen molar-refractivity contribution in [3.05, 3.63) is 71.3 Å². The number of carbonyl (C=O) groups excluding carboxylic acids is 1. The van der Waals surface area contributed by atoms with Gasteiger partial charge in [0.2, 0.25) is 6.79 Å². The van der Waals surface area contributed by atoms with E-state index in [2.05, 4.69) is 0 Å². The molecular weight excluding hydrogens is 450 g/mol. The maximum absolute atomic E-state index is 13.7. The van der Waals surface area contributed by atoms with Gasteiger partial charge < -0.3 is 33.3 Å². The van der Waals surface area contributed by atoms with Gasteiger partial charge in [-0.2, -0.15) is 0 Å². The average Bonchev–Trinajstić information content (AvgIpc) is 3.38. The van der Waals surface area contributed by atoms with Crippen LogP contribution < -0.4 is 28.4 Å². The van der Waals surface area contributed by atoms with Crippen molar-refractivity contribution in [1.82, 2.24) is 4.90 Å². The minimum Gasteiger partial charge on any atom is -0.493 e. The van der Waals surface area contributed by atoms with E-state index in [0.717, 1.165) is 11.1 Å². The zero-order valence-electron chi connectivity index (χ0n) is 19.9. The molecule has 2 heterocycles. The quantitative estimate of drug-likeness (QED) is 0.503. The first-order chi connectivity index (χ1) is 17.1. The van der Waals surface area contributed by atoms with Gasteiger partial charge in [0, 0.05) is 12.1 Å². The van der Waals surface area contributed by atoms with Gasteiger partial charge in [0.15, 0.2) is 34.5 Å². The first kappa shape index (κ1) is 22.7. The molecule has 0 radical (unpaired) electrons. The molecule has 8 nitrogen and oxygen atoms in total. The maximum Gasteiger partial charge on any atom is 0.254 e. The van der Waals surface area contributed by atoms with Gasteiger partial charge in [0.05, 0.1) is 27.4 Å². The molecule has 3 aromatic carbocycles. The molecule has 182 valence electrons. The zero-order chi connectivity index (χ0) is 24.4. The number of ether oxygens (including phenoxy) is 6. The fraction of sp³-hybridized carbons (Fsp3) is 0.296. The second-order valence-electron chi connectivity index (χ2n) is 8.20. The van der Waals surface area contributed by atoms with Gasteiger partial charge in [-0.3, -0.25) is 4.79 Å². The third-order valence-corrected chi connectivity index (χ3v) is 6.35. The highest BCUT2D eigenvalue weighted by molar-refractivity contribution is 5.95. The van der Waals surface area contributed by atoms with Crippen molar-refractivity contribution >= 4 is 5.91 Å². The largest absolute Gasteiger partial charge is 0.493 e. The Hall–Kier alpha value is -4.07. The summed E-state index contributed by atoms with van der Waals surface area (Å²) in [5.74, 6) is 3.59. The number of rotatable bonds is 7. The molecule has 35 heavy (non-hydrogen) atoms. The van der Waals surface area contributed by atoms with E-state index in [1.54, 1.807) is 39.5 Å². The molecule has 2 aliphatic heterocycles. The molecular formula is C27H27NO7. The number of amides is 1. The third-order valence-electron chi connectivity index (χ3n) is 6.35. The summed E-state index contributed by atoms with van der Waals surface area (Å²) in [5.41, 5.74) is 2.57. The lowest BCUT2D eigenvalue weighted by Crippen LogP contribution is -2.42. The second kappa shape index (κ2) is 9.66. The summed E-state index contributed by atoms with van der Waals surface area (Å²) in [6.07, 6.45) is 0.678. The van der Waals surface area contributed by atoms with Gasteiger partial charge in [-0.05, 0) is 60.0 Å². The van der Waals surface area contributed by atoms with Crippen molar-refractivity contribution in [2.75, 3.05) is 41.3 Å². The minimum absolute atomic E-state index is 0.114. The van der Waals surface area contributed by atoms with Crippen LogP contribution >= 0.6 is 0 Å². The van der Waals surface area contributed by atoms with E-state index >= 15 is 0 Å². The van der Waals surface area contributed by atoms with Crippen LogP contribution in [0.4, 0.5) is 0 Å². The van der Waals surface area contributed by atoms with E-state index < -0.39 is 0 Å². The molecule has 0 unspecified atom stereocenters. The summed E-state index contributed by atoms with van der Waals surface area (Å²) >= 11 is 0. The molecule has 0 aromatic heterocycles. The van der Waals surface area contributed by atoms with Gasteiger partial charge >= 0.3 is 0 Å². The molecule has 1 atom stereocenters. The van der Waals surface area contributed by atoms with Crippen LogP contribution in [0.1, 0.15) is 27.5 Å². The van der Waals surface area contributed by atoms with Crippen molar-refractivity contribution in [1.29, 1.82) is 0 Å². The second-order valence-corrected chi connectivity index (χ2v) is 8.20. The van der Waals surface area contributed by atoms with E-state index in [-0.39, 0.29) is 25.3 Å². The summed E-state index contributed by atoms with van der Waals surface area (Å²) in [5, 5.41) is 0. The summed E-state index contributed by atoms with van der Waals surface area (Å²) < 4.78 is 33.6. The van der Waals surface area contributed by atoms with Crippen LogP contribution in [0.15, 0.2) is 54.6 Å². The SMILES string of the molecule is COc1cc2c(cc1OC)[C@@H](COc1ccccc1OC)N(C(=O)c1ccc3c(c1)OCO3)CC2. The van der Waals surface area contributed by atoms with Gasteiger partial charge in [-0.1, -0.05) is 12.1 Å². The number of para-hydroxylation sites is 2. The smallest absolute Gasteiger partial charge is 0.254 e. The number of fused-ring (bicyclic) bond motifs is 2. The highest BCUT2D eigenvalue weighted by Gasteiger charge is 2.34. The number of hydrogen-bond acceptors (Lipinski definition) is 7. The Bertz CT molecular complexity index is 1240. The van der Waals surface area contributed by atoms with Gasteiger partial charge in [-0.15, -0.1) is 0 Å². The standard InChI is InChI=1S/C27H27NO7/c1-30-21-6-4-5-7-22(21)33-15-20-19-14-25(32-3)24(31-2)12-17(19)10-11-28(20)27(29)18-8-9-23-26(13-18)35-16-34-23/h4-9,12-14,20H,10-11,15-16H2,1-3H3/t20-/m1/s1. The highest BCUT2D eigenvalue weighted by atomic mass is 16.7. The fourth-order valence-corrected chi connectivity index (χ4v) is 4.55. The Morgan fingerprint density at radius 3 is 2.37 bits per heavy atom. The van der Waals surface area contributed by atoms with Crippen LogP contribution in [-0.2, 0) is 6.42 Å². The molecule has 3 aromatic rings. The molecule has 0 aliphatic carbocycles. The predicted molar refractivity (Wildman–Crippen MR) is 128 cm³/mol. The van der Waals surface area contributed by atoms with Crippen LogP contribution in [0.3, 0.4) is 0 Å². The van der Waals surface area contributed by atoms with Crippen molar-refractivity contribution in [3.8, 4) is 34.5 Å². The number of hydrogen-bond donors (Lipinski definition) is 0. The Kier molecular flexibility index (Phi) is 6.27. The molecule has 8 heteroatoms. The van der Waals surface area contributed by atoms with Crippen molar-refractivity contribution < 1.29 is 33.2 Å². The van der Waals surface area contributed by atoms with E-state index in [1.165, 1.54) is 0 Å². The lowest BCUT2D eigenvalue weighted by atomic mass is 9.91. The summed E-state index contributed by atoms with van der Waals surface area (Å²) in [7, 11) is 4.82. The monoisotopic (exact) mass is 477 g/mol. The van der Waals surface area contributed by atoms with Gasteiger partial charge in [-0.25, -0.2) is 0 Å². The number of carbonyl (C=O) groups is 1. The molecule has 0 saturated heterocycles. The first-order valence-corrected chi connectivity index (χ1v) is 11.3. The molecule has 0 saturated carbocycles. The van der Waals surface area contributed by atoms with Gasteiger partial charge in [0.1, 0.15) is 6.61 Å². The van der Waals surface area contributed by atoms with E-state index in [0.29, 0.717) is 53.0 Å². The number of methoxy groups -OCH3 is 3. The fourth-order valence-electron chi connectivity index (χ4n) is 4.55. The zero-order valence-corrected chi connectivity index (χ0v) is 19.9. The van der Waals surface area contributed by atoms with Crippen LogP contribution in [0.25, 0.3) is 0 Å².